The Labute approximate surface area is 121 Å². The summed E-state index contributed by atoms with van der Waals surface area (Å²) in [5, 5.41) is 6.42. The number of aromatic nitrogens is 2. The number of carbonyl (C=O) groups is 1. The second-order valence-corrected chi connectivity index (χ2v) is 5.26. The molecular formula is C15H17N3O3. The van der Waals surface area contributed by atoms with Crippen LogP contribution in [0.5, 0.6) is 0 Å². The van der Waals surface area contributed by atoms with E-state index in [1.807, 2.05) is 24.3 Å². The summed E-state index contributed by atoms with van der Waals surface area (Å²) >= 11 is 0. The molecule has 1 heterocycles. The van der Waals surface area contributed by atoms with Crippen LogP contribution in [0.3, 0.4) is 0 Å². The summed E-state index contributed by atoms with van der Waals surface area (Å²) < 4.78 is 4.41. The highest BCUT2D eigenvalue weighted by molar-refractivity contribution is 5.95. The van der Waals surface area contributed by atoms with E-state index in [9.17, 15) is 9.59 Å². The normalized spacial score (nSPS) is 14.7. The molecule has 6 heteroatoms. The first-order chi connectivity index (χ1) is 10.2. The van der Waals surface area contributed by atoms with Gasteiger partial charge in [0, 0.05) is 18.5 Å². The maximum absolute atomic E-state index is 12.3. The molecule has 1 fully saturated rings. The van der Waals surface area contributed by atoms with E-state index in [0.29, 0.717) is 24.7 Å². The van der Waals surface area contributed by atoms with Crippen molar-refractivity contribution in [1.29, 1.82) is 0 Å². The number of hydrogen-bond acceptors (Lipinski definition) is 4. The van der Waals surface area contributed by atoms with Crippen LogP contribution < -0.4 is 11.1 Å². The quantitative estimate of drug-likeness (QED) is 0.874. The van der Waals surface area contributed by atoms with Crippen molar-refractivity contribution in [3.05, 3.63) is 51.8 Å². The zero-order valence-electron chi connectivity index (χ0n) is 11.6. The van der Waals surface area contributed by atoms with Gasteiger partial charge in [-0.1, -0.05) is 29.8 Å². The molecule has 110 valence electrons. The predicted octanol–water partition coefficient (Wildman–Crippen LogP) is 1.60. The Balaban J connectivity index is 1.61. The van der Waals surface area contributed by atoms with E-state index in [4.69, 9.17) is 0 Å². The Morgan fingerprint density at radius 2 is 2.19 bits per heavy atom. The smallest absolute Gasteiger partial charge is 0.352 e. The van der Waals surface area contributed by atoms with Gasteiger partial charge in [0.25, 0.3) is 5.91 Å². The summed E-state index contributed by atoms with van der Waals surface area (Å²) in [4.78, 5) is 25.5. The molecule has 1 aliphatic carbocycles. The van der Waals surface area contributed by atoms with E-state index < -0.39 is 5.76 Å². The van der Waals surface area contributed by atoms with Crippen molar-refractivity contribution in [3.8, 4) is 0 Å². The second-order valence-electron chi connectivity index (χ2n) is 5.26. The number of nitrogens with one attached hydrogen (secondary N) is 2. The van der Waals surface area contributed by atoms with Gasteiger partial charge < -0.3 is 5.32 Å². The summed E-state index contributed by atoms with van der Waals surface area (Å²) in [5.74, 6) is 0.293. The van der Waals surface area contributed by atoms with E-state index in [1.54, 1.807) is 0 Å². The van der Waals surface area contributed by atoms with Crippen molar-refractivity contribution in [2.75, 3.05) is 6.54 Å². The van der Waals surface area contributed by atoms with Crippen molar-refractivity contribution in [1.82, 2.24) is 15.5 Å². The number of benzene rings is 1. The van der Waals surface area contributed by atoms with Gasteiger partial charge in [-0.2, -0.15) is 0 Å². The molecule has 21 heavy (non-hydrogen) atoms. The maximum atomic E-state index is 12.3. The molecule has 2 N–H and O–H groups in total. The van der Waals surface area contributed by atoms with Crippen molar-refractivity contribution in [2.24, 2.45) is 0 Å². The second kappa shape index (κ2) is 5.95. The number of nitrogens with zero attached hydrogens (tertiary/aromatic N) is 1. The Bertz CT molecular complexity index is 685. The molecule has 3 rings (SSSR count). The molecular weight excluding hydrogens is 270 g/mol. The SMILES string of the molecule is O=C(NCCc1noc(=O)[nH]1)c1ccccc1C1CCC1. The van der Waals surface area contributed by atoms with Gasteiger partial charge in [0.05, 0.1) is 0 Å². The van der Waals surface area contributed by atoms with Crippen LogP contribution in [0, 0.1) is 0 Å². The average molecular weight is 287 g/mol. The minimum absolute atomic E-state index is 0.0802. The third kappa shape index (κ3) is 3.04. The lowest BCUT2D eigenvalue weighted by atomic mass is 9.78. The lowest BCUT2D eigenvalue weighted by Gasteiger charge is -2.27. The van der Waals surface area contributed by atoms with Gasteiger partial charge in [0.1, 0.15) is 0 Å². The summed E-state index contributed by atoms with van der Waals surface area (Å²) in [6, 6.07) is 7.76. The van der Waals surface area contributed by atoms with E-state index in [1.165, 1.54) is 6.42 Å². The van der Waals surface area contributed by atoms with Gasteiger partial charge in [-0.05, 0) is 30.4 Å². The molecule has 0 bridgehead atoms. The van der Waals surface area contributed by atoms with Crippen LogP contribution in [0.2, 0.25) is 0 Å². The van der Waals surface area contributed by atoms with E-state index in [-0.39, 0.29) is 5.91 Å². The fourth-order valence-electron chi connectivity index (χ4n) is 2.54. The monoisotopic (exact) mass is 287 g/mol. The van der Waals surface area contributed by atoms with E-state index in [0.717, 1.165) is 24.0 Å². The van der Waals surface area contributed by atoms with E-state index in [2.05, 4.69) is 20.0 Å². The number of H-pyrrole nitrogens is 1. The molecule has 0 aliphatic heterocycles. The van der Waals surface area contributed by atoms with Gasteiger partial charge >= 0.3 is 5.76 Å². The van der Waals surface area contributed by atoms with Crippen LogP contribution in [0.4, 0.5) is 0 Å². The highest BCUT2D eigenvalue weighted by atomic mass is 16.5. The van der Waals surface area contributed by atoms with Crippen LogP contribution >= 0.6 is 0 Å². The fraction of sp³-hybridized carbons (Fsp3) is 0.400. The highest BCUT2D eigenvalue weighted by Gasteiger charge is 2.23. The van der Waals surface area contributed by atoms with Gasteiger partial charge in [-0.25, -0.2) is 4.79 Å². The van der Waals surface area contributed by atoms with Crippen molar-refractivity contribution < 1.29 is 9.32 Å². The zero-order chi connectivity index (χ0) is 14.7. The first kappa shape index (κ1) is 13.6. The van der Waals surface area contributed by atoms with Gasteiger partial charge in [0.15, 0.2) is 5.82 Å². The van der Waals surface area contributed by atoms with Crippen LogP contribution in [0.1, 0.15) is 46.9 Å². The number of aromatic amines is 1. The molecule has 1 amide bonds. The molecule has 1 aliphatic rings. The Morgan fingerprint density at radius 3 is 2.86 bits per heavy atom. The molecule has 0 spiro atoms. The number of amides is 1. The first-order valence-corrected chi connectivity index (χ1v) is 7.16. The van der Waals surface area contributed by atoms with Gasteiger partial charge in [-0.3, -0.25) is 14.3 Å². The molecule has 1 aromatic heterocycles. The number of hydrogen-bond donors (Lipinski definition) is 2. The van der Waals surface area contributed by atoms with Crippen molar-refractivity contribution in [2.45, 2.75) is 31.6 Å². The summed E-state index contributed by atoms with van der Waals surface area (Å²) in [6.45, 7) is 0.403. The van der Waals surface area contributed by atoms with Gasteiger partial charge in [-0.15, -0.1) is 0 Å². The Kier molecular flexibility index (Phi) is 3.85. The average Bonchev–Trinajstić information content (AvgIpc) is 2.83. The minimum Gasteiger partial charge on any atom is -0.352 e. The molecule has 0 atom stereocenters. The lowest BCUT2D eigenvalue weighted by Crippen LogP contribution is -2.28. The minimum atomic E-state index is -0.577. The molecule has 0 saturated heterocycles. The summed E-state index contributed by atoms with van der Waals surface area (Å²) in [6.07, 6.45) is 3.98. The Morgan fingerprint density at radius 1 is 1.38 bits per heavy atom. The maximum Gasteiger partial charge on any atom is 0.438 e. The van der Waals surface area contributed by atoms with Crippen LogP contribution in [0.25, 0.3) is 0 Å². The molecule has 0 radical (unpaired) electrons. The van der Waals surface area contributed by atoms with Crippen LogP contribution in [-0.4, -0.2) is 22.6 Å². The molecule has 1 saturated carbocycles. The topological polar surface area (TPSA) is 88.0 Å². The largest absolute Gasteiger partial charge is 0.438 e. The van der Waals surface area contributed by atoms with Crippen molar-refractivity contribution in [3.63, 3.8) is 0 Å². The first-order valence-electron chi connectivity index (χ1n) is 7.16. The zero-order valence-corrected chi connectivity index (χ0v) is 11.6. The predicted molar refractivity (Wildman–Crippen MR) is 76.2 cm³/mol. The number of rotatable bonds is 5. The van der Waals surface area contributed by atoms with Gasteiger partial charge in [0.2, 0.25) is 0 Å². The van der Waals surface area contributed by atoms with Crippen LogP contribution in [0.15, 0.2) is 33.6 Å². The molecule has 2 aromatic rings. The summed E-state index contributed by atoms with van der Waals surface area (Å²) in [5.41, 5.74) is 1.88. The molecule has 6 nitrogen and oxygen atoms in total. The Hall–Kier alpha value is -2.37. The van der Waals surface area contributed by atoms with Crippen molar-refractivity contribution >= 4 is 5.91 Å². The van der Waals surface area contributed by atoms with Crippen LogP contribution in [-0.2, 0) is 6.42 Å². The molecule has 0 unspecified atom stereocenters. The fourth-order valence-corrected chi connectivity index (χ4v) is 2.54. The number of carbonyl (C=O) groups excluding carboxylic acids is 1. The highest BCUT2D eigenvalue weighted by Crippen LogP contribution is 2.37. The standard InChI is InChI=1S/C15H17N3O3/c19-14(16-9-8-13-17-15(20)21-18-13)12-7-2-1-6-11(12)10-4-3-5-10/h1-2,6-7,10H,3-5,8-9H2,(H,16,19)(H,17,18,20). The third-order valence-corrected chi connectivity index (χ3v) is 3.88. The lowest BCUT2D eigenvalue weighted by molar-refractivity contribution is 0.0952. The summed E-state index contributed by atoms with van der Waals surface area (Å²) in [7, 11) is 0. The molecule has 1 aromatic carbocycles. The van der Waals surface area contributed by atoms with E-state index >= 15 is 0 Å². The third-order valence-electron chi connectivity index (χ3n) is 3.88.